The number of halogens is 2. The molecule has 0 bridgehead atoms. The number of aliphatic hydroxyl groups excluding tert-OH is 2. The number of carbonyl (C=O) groups excluding carboxylic acids is 2. The summed E-state index contributed by atoms with van der Waals surface area (Å²) in [4.78, 5) is 24.6. The Morgan fingerprint density at radius 2 is 2.00 bits per heavy atom. The van der Waals surface area contributed by atoms with Crippen molar-refractivity contribution in [1.29, 1.82) is 0 Å². The number of hydrogen-bond donors (Lipinski definition) is 3. The first-order valence-corrected chi connectivity index (χ1v) is 10.6. The maximum Gasteiger partial charge on any atom is 0.196 e. The normalized spacial score (nSPS) is 51.5. The van der Waals surface area contributed by atoms with E-state index in [-0.39, 0.29) is 41.2 Å². The van der Waals surface area contributed by atoms with E-state index in [1.807, 2.05) is 6.92 Å². The average molecular weight is 427 g/mol. The lowest BCUT2D eigenvalue weighted by Gasteiger charge is -2.60. The van der Waals surface area contributed by atoms with Crippen molar-refractivity contribution in [1.82, 2.24) is 0 Å². The summed E-state index contributed by atoms with van der Waals surface area (Å²) in [6.07, 6.45) is 1.41. The minimum absolute atomic E-state index is 0.0837. The van der Waals surface area contributed by atoms with Gasteiger partial charge in [0.2, 0.25) is 0 Å². The van der Waals surface area contributed by atoms with Crippen LogP contribution < -0.4 is 0 Å². The maximum atomic E-state index is 15.4. The van der Waals surface area contributed by atoms with Crippen molar-refractivity contribution in [2.24, 2.45) is 34.5 Å². The number of aliphatic hydroxyl groups is 3. The molecule has 7 heteroatoms. The fourth-order valence-corrected chi connectivity index (χ4v) is 7.87. The minimum Gasteiger partial charge on any atom is -0.393 e. The molecule has 5 nitrogen and oxygen atoms in total. The van der Waals surface area contributed by atoms with Gasteiger partial charge in [-0.3, -0.25) is 9.59 Å². The number of alkyl halides is 1. The first-order chi connectivity index (χ1) is 13.4. The Hall–Kier alpha value is -1.08. The average Bonchev–Trinajstić information content (AvgIpc) is 2.85. The summed E-state index contributed by atoms with van der Waals surface area (Å²) in [5.74, 6) is -2.36. The monoisotopic (exact) mass is 426 g/mol. The van der Waals surface area contributed by atoms with E-state index >= 15 is 4.39 Å². The molecule has 3 saturated carbocycles. The van der Waals surface area contributed by atoms with E-state index in [2.05, 4.69) is 0 Å². The van der Waals surface area contributed by atoms with Gasteiger partial charge in [0.15, 0.2) is 11.6 Å². The van der Waals surface area contributed by atoms with Crippen LogP contribution in [0.15, 0.2) is 22.8 Å². The van der Waals surface area contributed by atoms with Gasteiger partial charge in [-0.05, 0) is 48.7 Å². The molecule has 0 aromatic carbocycles. The molecule has 0 unspecified atom stereocenters. The number of carbonyl (C=O) groups is 2. The predicted molar refractivity (Wildman–Crippen MR) is 105 cm³/mol. The summed E-state index contributed by atoms with van der Waals surface area (Å²) < 4.78 is 15.4. The van der Waals surface area contributed by atoms with Crippen LogP contribution in [0.2, 0.25) is 0 Å². The molecule has 0 aromatic rings. The molecule has 160 valence electrons. The Bertz CT molecular complexity index is 839. The highest BCUT2D eigenvalue weighted by Crippen LogP contribution is 2.68. The standard InChI is InChI=1S/C22H28ClFO5/c1-10-6-12-11-7-13(24)18-19(23)14(26)4-5-20(18,2)17(11)15(27)8-21(12,3)22(10,29)16(28)9-25/h4-5,10-13,15,17,25,27,29H,6-9H2,1-3H3/t10-,11-,12-,13-,15-,17+,20+,21-,22-/m0/s1. The van der Waals surface area contributed by atoms with E-state index in [0.29, 0.717) is 6.42 Å². The highest BCUT2D eigenvalue weighted by atomic mass is 35.5. The number of rotatable bonds is 2. The highest BCUT2D eigenvalue weighted by molar-refractivity contribution is 6.45. The minimum atomic E-state index is -1.77. The van der Waals surface area contributed by atoms with E-state index in [1.54, 1.807) is 19.9 Å². The topological polar surface area (TPSA) is 94.8 Å². The number of allylic oxidation sites excluding steroid dienone is 4. The summed E-state index contributed by atoms with van der Waals surface area (Å²) >= 11 is 6.22. The number of ketones is 2. The second kappa shape index (κ2) is 6.46. The SMILES string of the molecule is C[C@H]1C[C@H]2[C@@H]3C[C@H](F)C4=C(Cl)C(=O)C=C[C@]4(C)[C@H]3[C@@H](O)C[C@]2(C)[C@@]1(O)C(=O)CO. The lowest BCUT2D eigenvalue weighted by molar-refractivity contribution is -0.185. The number of fused-ring (bicyclic) bond motifs is 5. The fraction of sp³-hybridized carbons (Fsp3) is 0.727. The summed E-state index contributed by atoms with van der Waals surface area (Å²) in [6.45, 7) is 4.59. The highest BCUT2D eigenvalue weighted by Gasteiger charge is 2.71. The summed E-state index contributed by atoms with van der Waals surface area (Å²) in [7, 11) is 0. The summed E-state index contributed by atoms with van der Waals surface area (Å²) in [5.41, 5.74) is -3.40. The number of hydrogen-bond acceptors (Lipinski definition) is 5. The van der Waals surface area contributed by atoms with Crippen LogP contribution in [0.5, 0.6) is 0 Å². The zero-order chi connectivity index (χ0) is 21.5. The quantitative estimate of drug-likeness (QED) is 0.630. The second-order valence-electron chi connectivity index (χ2n) is 9.88. The van der Waals surface area contributed by atoms with E-state index in [1.165, 1.54) is 6.08 Å². The van der Waals surface area contributed by atoms with Crippen LogP contribution in [-0.4, -0.2) is 51.4 Å². The van der Waals surface area contributed by atoms with Gasteiger partial charge in [-0.2, -0.15) is 0 Å². The lowest BCUT2D eigenvalue weighted by atomic mass is 9.46. The molecule has 29 heavy (non-hydrogen) atoms. The van der Waals surface area contributed by atoms with Crippen LogP contribution >= 0.6 is 11.6 Å². The molecule has 0 amide bonds. The third-order valence-electron chi connectivity index (χ3n) is 8.70. The lowest BCUT2D eigenvalue weighted by Crippen LogP contribution is -2.63. The van der Waals surface area contributed by atoms with Crippen molar-refractivity contribution in [3.8, 4) is 0 Å². The van der Waals surface area contributed by atoms with Crippen LogP contribution in [-0.2, 0) is 9.59 Å². The van der Waals surface area contributed by atoms with E-state index in [9.17, 15) is 24.9 Å². The summed E-state index contributed by atoms with van der Waals surface area (Å²) in [6, 6.07) is 0. The van der Waals surface area contributed by atoms with Gasteiger partial charge in [-0.25, -0.2) is 4.39 Å². The van der Waals surface area contributed by atoms with Crippen molar-refractivity contribution in [3.05, 3.63) is 22.8 Å². The molecule has 0 radical (unpaired) electrons. The van der Waals surface area contributed by atoms with Gasteiger partial charge in [0.1, 0.15) is 18.4 Å². The van der Waals surface area contributed by atoms with Gasteiger partial charge in [0.05, 0.1) is 11.1 Å². The van der Waals surface area contributed by atoms with Crippen molar-refractivity contribution < 1.29 is 29.3 Å². The van der Waals surface area contributed by atoms with Crippen molar-refractivity contribution in [3.63, 3.8) is 0 Å². The smallest absolute Gasteiger partial charge is 0.196 e. The second-order valence-corrected chi connectivity index (χ2v) is 10.3. The largest absolute Gasteiger partial charge is 0.393 e. The molecule has 9 atom stereocenters. The molecule has 3 fully saturated rings. The van der Waals surface area contributed by atoms with Gasteiger partial charge in [-0.1, -0.05) is 38.4 Å². The Morgan fingerprint density at radius 1 is 1.34 bits per heavy atom. The molecule has 4 aliphatic carbocycles. The van der Waals surface area contributed by atoms with E-state index < -0.39 is 52.8 Å². The fourth-order valence-electron chi connectivity index (χ4n) is 7.48. The van der Waals surface area contributed by atoms with E-state index in [4.69, 9.17) is 11.6 Å². The van der Waals surface area contributed by atoms with Gasteiger partial charge in [0.25, 0.3) is 0 Å². The molecule has 4 aliphatic rings. The molecule has 0 aliphatic heterocycles. The molecule has 0 heterocycles. The zero-order valence-corrected chi connectivity index (χ0v) is 17.6. The van der Waals surface area contributed by atoms with Gasteiger partial charge >= 0.3 is 0 Å². The molecule has 0 aromatic heterocycles. The molecular weight excluding hydrogens is 399 g/mol. The van der Waals surface area contributed by atoms with Gasteiger partial charge < -0.3 is 15.3 Å². The molecule has 4 rings (SSSR count). The molecule has 0 saturated heterocycles. The Morgan fingerprint density at radius 3 is 2.62 bits per heavy atom. The predicted octanol–water partition coefficient (Wildman–Crippen LogP) is 2.32. The van der Waals surface area contributed by atoms with Crippen LogP contribution in [0, 0.1) is 34.5 Å². The number of Topliss-reactive ketones (excluding diaryl/α,β-unsaturated/α-hetero) is 1. The molecular formula is C22H28ClFO5. The Kier molecular flexibility index (Phi) is 4.71. The molecule has 0 spiro atoms. The Balaban J connectivity index is 1.83. The van der Waals surface area contributed by atoms with Crippen molar-refractivity contribution >= 4 is 23.2 Å². The van der Waals surface area contributed by atoms with Crippen LogP contribution in [0.4, 0.5) is 4.39 Å². The van der Waals surface area contributed by atoms with E-state index in [0.717, 1.165) is 0 Å². The first-order valence-electron chi connectivity index (χ1n) is 10.3. The zero-order valence-electron chi connectivity index (χ0n) is 16.9. The van der Waals surface area contributed by atoms with Crippen LogP contribution in [0.3, 0.4) is 0 Å². The maximum absolute atomic E-state index is 15.4. The molecule has 3 N–H and O–H groups in total. The third kappa shape index (κ3) is 2.43. The van der Waals surface area contributed by atoms with Crippen LogP contribution in [0.25, 0.3) is 0 Å². The Labute approximate surface area is 174 Å². The van der Waals surface area contributed by atoms with Gasteiger partial charge in [0, 0.05) is 16.7 Å². The van der Waals surface area contributed by atoms with Gasteiger partial charge in [-0.15, -0.1) is 0 Å². The first kappa shape index (κ1) is 21.2. The van der Waals surface area contributed by atoms with Crippen LogP contribution in [0.1, 0.15) is 40.0 Å². The third-order valence-corrected chi connectivity index (χ3v) is 9.09. The van der Waals surface area contributed by atoms with Crippen molar-refractivity contribution in [2.75, 3.05) is 6.61 Å². The summed E-state index contributed by atoms with van der Waals surface area (Å²) in [5, 5.41) is 32.0. The van der Waals surface area contributed by atoms with Crippen molar-refractivity contribution in [2.45, 2.75) is 57.9 Å².